The third-order valence-electron chi connectivity index (χ3n) is 4.15. The number of furan rings is 1. The van der Waals surface area contributed by atoms with E-state index in [4.69, 9.17) is 10.3 Å². The second-order valence-corrected chi connectivity index (χ2v) is 5.73. The summed E-state index contributed by atoms with van der Waals surface area (Å²) in [5.41, 5.74) is 6.01. The van der Waals surface area contributed by atoms with Crippen LogP contribution < -0.4 is 16.6 Å². The van der Waals surface area contributed by atoms with Gasteiger partial charge in [-0.2, -0.15) is 0 Å². The molecule has 0 saturated heterocycles. The van der Waals surface area contributed by atoms with E-state index in [1.54, 1.807) is 6.07 Å². The smallest absolute Gasteiger partial charge is 0.301 e. The molecule has 0 saturated carbocycles. The molecule has 25 heavy (non-hydrogen) atoms. The topological polar surface area (TPSA) is 80.3 Å². The number of nitrogens with one attached hydrogen (secondary N) is 2. The molecule has 0 aliphatic carbocycles. The fourth-order valence-corrected chi connectivity index (χ4v) is 2.83. The van der Waals surface area contributed by atoms with Crippen LogP contribution in [0.5, 0.6) is 0 Å². The number of hydrogen-bond donors (Lipinski definition) is 3. The highest BCUT2D eigenvalue weighted by atomic mass is 16.3. The molecule has 0 bridgehead atoms. The van der Waals surface area contributed by atoms with Crippen molar-refractivity contribution in [2.75, 3.05) is 5.32 Å². The number of nitrogens with two attached hydrogens (primary N) is 1. The van der Waals surface area contributed by atoms with Crippen molar-refractivity contribution in [1.82, 2.24) is 5.43 Å². The van der Waals surface area contributed by atoms with Crippen molar-refractivity contribution in [3.63, 3.8) is 0 Å². The molecule has 3 rings (SSSR count). The van der Waals surface area contributed by atoms with Crippen LogP contribution in [-0.2, 0) is 0 Å². The van der Waals surface area contributed by atoms with E-state index in [0.29, 0.717) is 0 Å². The van der Waals surface area contributed by atoms with E-state index >= 15 is 0 Å². The van der Waals surface area contributed by atoms with Crippen LogP contribution in [0.15, 0.2) is 71.3 Å². The number of carbonyl (C=O) groups is 1. The first-order valence-electron chi connectivity index (χ1n) is 8.23. The van der Waals surface area contributed by atoms with E-state index in [1.165, 1.54) is 11.8 Å². The Morgan fingerprint density at radius 2 is 1.80 bits per heavy atom. The summed E-state index contributed by atoms with van der Waals surface area (Å²) in [6, 6.07) is 20.2. The first kappa shape index (κ1) is 16.8. The molecule has 1 heterocycles. The molecule has 5 heteroatoms. The van der Waals surface area contributed by atoms with Gasteiger partial charge in [-0.05, 0) is 35.7 Å². The molecule has 128 valence electrons. The SMILES string of the molecule is CCC(Nc1ccccc1)c1ccc(-c2ccoc2C(=O)NN)cc1. The molecular weight excluding hydrogens is 314 g/mol. The summed E-state index contributed by atoms with van der Waals surface area (Å²) in [5, 5.41) is 3.54. The zero-order chi connectivity index (χ0) is 17.6. The lowest BCUT2D eigenvalue weighted by molar-refractivity contribution is 0.0927. The maximum Gasteiger partial charge on any atom is 0.301 e. The molecule has 0 aliphatic heterocycles. The minimum Gasteiger partial charge on any atom is -0.458 e. The average Bonchev–Trinajstić information content (AvgIpc) is 3.16. The fraction of sp³-hybridized carbons (Fsp3) is 0.150. The number of carbonyl (C=O) groups excluding carboxylic acids is 1. The predicted octanol–water partition coefficient (Wildman–Crippen LogP) is 4.11. The standard InChI is InChI=1S/C20H21N3O2/c1-2-18(22-16-6-4-3-5-7-16)15-10-8-14(9-11-15)17-12-13-25-19(17)20(24)23-21/h3-13,18,22H,2,21H2,1H3,(H,23,24). The van der Waals surface area contributed by atoms with Gasteiger partial charge < -0.3 is 9.73 Å². The molecule has 3 aromatic rings. The van der Waals surface area contributed by atoms with Crippen LogP contribution in [0.25, 0.3) is 11.1 Å². The first-order valence-corrected chi connectivity index (χ1v) is 8.23. The van der Waals surface area contributed by atoms with Crippen LogP contribution in [0.1, 0.15) is 35.5 Å². The number of rotatable bonds is 6. The van der Waals surface area contributed by atoms with Gasteiger partial charge in [0.1, 0.15) is 0 Å². The van der Waals surface area contributed by atoms with Gasteiger partial charge >= 0.3 is 5.91 Å². The van der Waals surface area contributed by atoms with Gasteiger partial charge in [-0.3, -0.25) is 10.2 Å². The number of benzene rings is 2. The van der Waals surface area contributed by atoms with Gasteiger partial charge in [-0.15, -0.1) is 0 Å². The number of hydrogen-bond acceptors (Lipinski definition) is 4. The Balaban J connectivity index is 1.82. The van der Waals surface area contributed by atoms with Gasteiger partial charge in [-0.25, -0.2) is 5.84 Å². The quantitative estimate of drug-likeness (QED) is 0.360. The maximum atomic E-state index is 11.8. The van der Waals surface area contributed by atoms with Crippen LogP contribution >= 0.6 is 0 Å². The summed E-state index contributed by atoms with van der Waals surface area (Å²) < 4.78 is 5.25. The second-order valence-electron chi connectivity index (χ2n) is 5.73. The zero-order valence-corrected chi connectivity index (χ0v) is 14.0. The summed E-state index contributed by atoms with van der Waals surface area (Å²) >= 11 is 0. The van der Waals surface area contributed by atoms with Crippen molar-refractivity contribution in [1.29, 1.82) is 0 Å². The van der Waals surface area contributed by atoms with Crippen LogP contribution in [0.4, 0.5) is 5.69 Å². The molecule has 1 unspecified atom stereocenters. The van der Waals surface area contributed by atoms with E-state index in [9.17, 15) is 4.79 Å². The predicted molar refractivity (Wildman–Crippen MR) is 98.9 cm³/mol. The summed E-state index contributed by atoms with van der Waals surface area (Å²) in [6.45, 7) is 2.15. The molecule has 1 amide bonds. The first-order chi connectivity index (χ1) is 12.2. The van der Waals surface area contributed by atoms with Crippen LogP contribution in [0.3, 0.4) is 0 Å². The lowest BCUT2D eigenvalue weighted by Crippen LogP contribution is -2.29. The van der Waals surface area contributed by atoms with E-state index in [-0.39, 0.29) is 11.8 Å². The molecule has 4 N–H and O–H groups in total. The van der Waals surface area contributed by atoms with Crippen molar-refractivity contribution in [2.45, 2.75) is 19.4 Å². The van der Waals surface area contributed by atoms with E-state index in [2.05, 4.69) is 41.9 Å². The van der Waals surface area contributed by atoms with E-state index < -0.39 is 5.91 Å². The van der Waals surface area contributed by atoms with Gasteiger partial charge in [0.15, 0.2) is 5.76 Å². The van der Waals surface area contributed by atoms with Gasteiger partial charge in [0.05, 0.1) is 12.3 Å². The highest BCUT2D eigenvalue weighted by molar-refractivity contribution is 5.97. The summed E-state index contributed by atoms with van der Waals surface area (Å²) in [6.07, 6.45) is 2.44. The fourth-order valence-electron chi connectivity index (χ4n) is 2.83. The molecule has 0 fully saturated rings. The van der Waals surface area contributed by atoms with Crippen LogP contribution in [-0.4, -0.2) is 5.91 Å². The normalized spacial score (nSPS) is 11.8. The number of amides is 1. The minimum absolute atomic E-state index is 0.213. The Labute approximate surface area is 146 Å². The van der Waals surface area contributed by atoms with Gasteiger partial charge in [0.25, 0.3) is 0 Å². The lowest BCUT2D eigenvalue weighted by atomic mass is 9.99. The van der Waals surface area contributed by atoms with Gasteiger partial charge in [-0.1, -0.05) is 49.4 Å². The third kappa shape index (κ3) is 3.72. The van der Waals surface area contributed by atoms with Crippen LogP contribution in [0.2, 0.25) is 0 Å². The highest BCUT2D eigenvalue weighted by Gasteiger charge is 2.16. The number of nitrogen functional groups attached to an aromatic ring is 1. The number of hydrazine groups is 1. The molecule has 0 radical (unpaired) electrons. The Morgan fingerprint density at radius 3 is 2.44 bits per heavy atom. The summed E-state index contributed by atoms with van der Waals surface area (Å²) in [7, 11) is 0. The maximum absolute atomic E-state index is 11.8. The Morgan fingerprint density at radius 1 is 1.08 bits per heavy atom. The highest BCUT2D eigenvalue weighted by Crippen LogP contribution is 2.28. The molecule has 2 aromatic carbocycles. The van der Waals surface area contributed by atoms with Crippen molar-refractivity contribution in [3.05, 3.63) is 78.3 Å². The zero-order valence-electron chi connectivity index (χ0n) is 14.0. The summed E-state index contributed by atoms with van der Waals surface area (Å²) in [4.78, 5) is 11.8. The van der Waals surface area contributed by atoms with Crippen molar-refractivity contribution in [3.8, 4) is 11.1 Å². The molecular formula is C20H21N3O2. The molecule has 1 atom stereocenters. The van der Waals surface area contributed by atoms with E-state index in [0.717, 1.165) is 23.2 Å². The van der Waals surface area contributed by atoms with Gasteiger partial charge in [0.2, 0.25) is 0 Å². The minimum atomic E-state index is -0.443. The number of para-hydroxylation sites is 1. The monoisotopic (exact) mass is 335 g/mol. The number of anilines is 1. The van der Waals surface area contributed by atoms with Crippen LogP contribution in [0, 0.1) is 0 Å². The molecule has 0 aliphatic rings. The Hall–Kier alpha value is -3.05. The largest absolute Gasteiger partial charge is 0.458 e. The average molecular weight is 335 g/mol. The Kier molecular flexibility index (Phi) is 5.16. The Bertz CT molecular complexity index is 826. The third-order valence-corrected chi connectivity index (χ3v) is 4.15. The second kappa shape index (κ2) is 7.68. The molecule has 0 spiro atoms. The van der Waals surface area contributed by atoms with Crippen molar-refractivity contribution < 1.29 is 9.21 Å². The van der Waals surface area contributed by atoms with E-state index in [1.807, 2.05) is 30.3 Å². The van der Waals surface area contributed by atoms with Crippen molar-refractivity contribution in [2.24, 2.45) is 5.84 Å². The van der Waals surface area contributed by atoms with Crippen molar-refractivity contribution >= 4 is 11.6 Å². The lowest BCUT2D eigenvalue weighted by Gasteiger charge is -2.19. The summed E-state index contributed by atoms with van der Waals surface area (Å²) in [5.74, 6) is 4.97. The molecule has 1 aromatic heterocycles. The van der Waals surface area contributed by atoms with Gasteiger partial charge in [0, 0.05) is 11.3 Å². The molecule has 5 nitrogen and oxygen atoms in total.